The molecular formula is C31H27FN2O. The average molecular weight is 463 g/mol. The van der Waals surface area contributed by atoms with Gasteiger partial charge in [0.05, 0.1) is 5.52 Å². The number of benzene rings is 4. The van der Waals surface area contributed by atoms with Crippen LogP contribution in [0.5, 0.6) is 0 Å². The van der Waals surface area contributed by atoms with E-state index in [9.17, 15) is 9.18 Å². The highest BCUT2D eigenvalue weighted by atomic mass is 19.1. The lowest BCUT2D eigenvalue weighted by molar-refractivity contribution is 0.0954. The molecule has 0 radical (unpaired) electrons. The molecule has 35 heavy (non-hydrogen) atoms. The first kappa shape index (κ1) is 22.6. The van der Waals surface area contributed by atoms with Gasteiger partial charge in [-0.1, -0.05) is 72.8 Å². The summed E-state index contributed by atoms with van der Waals surface area (Å²) in [6.07, 6.45) is 0.633. The number of carbonyl (C=O) groups is 1. The maximum Gasteiger partial charge on any atom is 0.251 e. The van der Waals surface area contributed by atoms with Crippen molar-refractivity contribution in [2.24, 2.45) is 0 Å². The number of aryl methyl sites for hydroxylation is 2. The monoisotopic (exact) mass is 462 g/mol. The second kappa shape index (κ2) is 9.59. The molecule has 0 atom stereocenters. The van der Waals surface area contributed by atoms with Crippen molar-refractivity contribution in [1.29, 1.82) is 0 Å². The summed E-state index contributed by atoms with van der Waals surface area (Å²) in [6.45, 7) is 4.40. The van der Waals surface area contributed by atoms with E-state index in [0.29, 0.717) is 24.0 Å². The van der Waals surface area contributed by atoms with Crippen molar-refractivity contribution in [3.63, 3.8) is 0 Å². The van der Waals surface area contributed by atoms with Crippen LogP contribution in [0.3, 0.4) is 0 Å². The summed E-state index contributed by atoms with van der Waals surface area (Å²) < 4.78 is 14.2. The van der Waals surface area contributed by atoms with Gasteiger partial charge in [-0.25, -0.2) is 4.39 Å². The van der Waals surface area contributed by atoms with E-state index < -0.39 is 0 Å². The average Bonchev–Trinajstić information content (AvgIpc) is 3.24. The molecule has 4 aromatic carbocycles. The van der Waals surface area contributed by atoms with Gasteiger partial charge < -0.3 is 10.3 Å². The van der Waals surface area contributed by atoms with Crippen LogP contribution in [0, 0.1) is 19.7 Å². The lowest BCUT2D eigenvalue weighted by Gasteiger charge is -2.08. The van der Waals surface area contributed by atoms with Gasteiger partial charge in [0, 0.05) is 23.2 Å². The molecule has 0 fully saturated rings. The molecule has 2 N–H and O–H groups in total. The van der Waals surface area contributed by atoms with Crippen LogP contribution in [0.4, 0.5) is 4.39 Å². The van der Waals surface area contributed by atoms with Gasteiger partial charge in [0.25, 0.3) is 5.91 Å². The molecule has 174 valence electrons. The third-order valence-electron chi connectivity index (χ3n) is 6.56. The predicted octanol–water partition coefficient (Wildman–Crippen LogP) is 7.23. The van der Waals surface area contributed by atoms with E-state index in [2.05, 4.69) is 46.7 Å². The van der Waals surface area contributed by atoms with Crippen LogP contribution in [0.2, 0.25) is 0 Å². The van der Waals surface area contributed by atoms with E-state index in [0.717, 1.165) is 33.3 Å². The predicted molar refractivity (Wildman–Crippen MR) is 141 cm³/mol. The molecule has 1 heterocycles. The number of rotatable bonds is 6. The molecule has 0 aliphatic heterocycles. The minimum absolute atomic E-state index is 0.114. The molecule has 5 rings (SSSR count). The van der Waals surface area contributed by atoms with E-state index in [1.54, 1.807) is 6.07 Å². The Bertz CT molecular complexity index is 1480. The standard InChI is InChI=1S/C31H27FN2O/c1-20-8-17-28(32)30-29(20)27(21(2)34-30)18-19-33-31(35)26-15-13-25(14-16-26)24-11-9-23(10-12-24)22-6-4-3-5-7-22/h3-17,34H,18-19H2,1-2H3,(H,33,35). The van der Waals surface area contributed by atoms with Gasteiger partial charge in [0.1, 0.15) is 5.82 Å². The summed E-state index contributed by atoms with van der Waals surface area (Å²) in [6, 6.07) is 29.7. The van der Waals surface area contributed by atoms with Crippen molar-refractivity contribution in [3.8, 4) is 22.3 Å². The number of fused-ring (bicyclic) bond motifs is 1. The summed E-state index contributed by atoms with van der Waals surface area (Å²) in [5.41, 5.74) is 8.70. The van der Waals surface area contributed by atoms with Gasteiger partial charge in [-0.2, -0.15) is 0 Å². The van der Waals surface area contributed by atoms with Crippen LogP contribution in [0.15, 0.2) is 91.0 Å². The Morgan fingerprint density at radius 3 is 1.97 bits per heavy atom. The molecule has 1 aromatic heterocycles. The first-order valence-corrected chi connectivity index (χ1v) is 11.8. The lowest BCUT2D eigenvalue weighted by Crippen LogP contribution is -2.25. The third kappa shape index (κ3) is 4.60. The largest absolute Gasteiger partial charge is 0.356 e. The number of amides is 1. The number of halogens is 1. The zero-order valence-corrected chi connectivity index (χ0v) is 19.9. The molecule has 0 saturated carbocycles. The molecule has 4 heteroatoms. The molecule has 0 saturated heterocycles. The van der Waals surface area contributed by atoms with Crippen LogP contribution < -0.4 is 5.32 Å². The van der Waals surface area contributed by atoms with Crippen molar-refractivity contribution in [2.75, 3.05) is 6.54 Å². The SMILES string of the molecule is Cc1[nH]c2c(F)ccc(C)c2c1CCNC(=O)c1ccc(-c2ccc(-c3ccccc3)cc2)cc1. The van der Waals surface area contributed by atoms with Crippen molar-refractivity contribution in [3.05, 3.63) is 119 Å². The van der Waals surface area contributed by atoms with E-state index in [1.165, 1.54) is 17.2 Å². The molecular weight excluding hydrogens is 435 g/mol. The molecule has 5 aromatic rings. The minimum Gasteiger partial charge on any atom is -0.356 e. The molecule has 3 nitrogen and oxygen atoms in total. The van der Waals surface area contributed by atoms with Gasteiger partial charge in [-0.3, -0.25) is 4.79 Å². The maximum atomic E-state index is 14.2. The minimum atomic E-state index is -0.251. The van der Waals surface area contributed by atoms with E-state index in [-0.39, 0.29) is 11.7 Å². The van der Waals surface area contributed by atoms with E-state index in [1.807, 2.05) is 56.3 Å². The first-order chi connectivity index (χ1) is 17.0. The Kier molecular flexibility index (Phi) is 6.19. The molecule has 0 aliphatic rings. The number of carbonyl (C=O) groups excluding carboxylic acids is 1. The summed E-state index contributed by atoms with van der Waals surface area (Å²) in [5.74, 6) is -0.366. The van der Waals surface area contributed by atoms with Crippen LogP contribution in [0.25, 0.3) is 33.2 Å². The van der Waals surface area contributed by atoms with Gasteiger partial charge in [-0.05, 0) is 71.8 Å². The van der Waals surface area contributed by atoms with Gasteiger partial charge in [0.2, 0.25) is 0 Å². The Morgan fingerprint density at radius 2 is 1.34 bits per heavy atom. The highest BCUT2D eigenvalue weighted by molar-refractivity contribution is 5.95. The number of hydrogen-bond acceptors (Lipinski definition) is 1. The van der Waals surface area contributed by atoms with Gasteiger partial charge in [0.15, 0.2) is 0 Å². The zero-order valence-electron chi connectivity index (χ0n) is 19.9. The first-order valence-electron chi connectivity index (χ1n) is 11.8. The third-order valence-corrected chi connectivity index (χ3v) is 6.56. The van der Waals surface area contributed by atoms with Crippen LogP contribution in [0.1, 0.15) is 27.2 Å². The Labute approximate surface area is 204 Å². The highest BCUT2D eigenvalue weighted by Crippen LogP contribution is 2.28. The number of aromatic amines is 1. The Morgan fingerprint density at radius 1 is 0.771 bits per heavy atom. The summed E-state index contributed by atoms with van der Waals surface area (Å²) in [7, 11) is 0. The smallest absolute Gasteiger partial charge is 0.251 e. The molecule has 0 unspecified atom stereocenters. The fourth-order valence-corrected chi connectivity index (χ4v) is 4.66. The fourth-order valence-electron chi connectivity index (χ4n) is 4.66. The Hall–Kier alpha value is -4.18. The topological polar surface area (TPSA) is 44.9 Å². The zero-order chi connectivity index (χ0) is 24.4. The second-order valence-corrected chi connectivity index (χ2v) is 8.87. The van der Waals surface area contributed by atoms with E-state index in [4.69, 9.17) is 0 Å². The number of hydrogen-bond donors (Lipinski definition) is 2. The van der Waals surface area contributed by atoms with Crippen molar-refractivity contribution < 1.29 is 9.18 Å². The summed E-state index contributed by atoms with van der Waals surface area (Å²) >= 11 is 0. The van der Waals surface area contributed by atoms with Crippen molar-refractivity contribution >= 4 is 16.8 Å². The quantitative estimate of drug-likeness (QED) is 0.275. The lowest BCUT2D eigenvalue weighted by atomic mass is 9.99. The van der Waals surface area contributed by atoms with Crippen LogP contribution in [-0.2, 0) is 6.42 Å². The van der Waals surface area contributed by atoms with E-state index >= 15 is 0 Å². The fraction of sp³-hybridized carbons (Fsp3) is 0.129. The van der Waals surface area contributed by atoms with Gasteiger partial charge in [-0.15, -0.1) is 0 Å². The molecule has 0 aliphatic carbocycles. The maximum absolute atomic E-state index is 14.2. The van der Waals surface area contributed by atoms with Crippen molar-refractivity contribution in [2.45, 2.75) is 20.3 Å². The number of aromatic nitrogens is 1. The number of H-pyrrole nitrogens is 1. The molecule has 0 spiro atoms. The van der Waals surface area contributed by atoms with Crippen LogP contribution in [-0.4, -0.2) is 17.4 Å². The molecule has 1 amide bonds. The van der Waals surface area contributed by atoms with Crippen molar-refractivity contribution in [1.82, 2.24) is 10.3 Å². The number of nitrogens with one attached hydrogen (secondary N) is 2. The summed E-state index contributed by atoms with van der Waals surface area (Å²) in [4.78, 5) is 15.9. The highest BCUT2D eigenvalue weighted by Gasteiger charge is 2.14. The van der Waals surface area contributed by atoms with Gasteiger partial charge >= 0.3 is 0 Å². The summed E-state index contributed by atoms with van der Waals surface area (Å²) in [5, 5.41) is 3.92. The normalized spacial score (nSPS) is 11.1. The Balaban J connectivity index is 1.23. The second-order valence-electron chi connectivity index (χ2n) is 8.87. The molecule has 0 bridgehead atoms. The van der Waals surface area contributed by atoms with Crippen LogP contribution >= 0.6 is 0 Å².